The molecule has 2 nitrogen and oxygen atoms in total. The average Bonchev–Trinajstić information content (AvgIpc) is 2.94. The first-order chi connectivity index (χ1) is 10.7. The number of ether oxygens (including phenoxy) is 1. The van der Waals surface area contributed by atoms with Gasteiger partial charge in [0.25, 0.3) is 0 Å². The highest BCUT2D eigenvalue weighted by Crippen LogP contribution is 2.73. The molecule has 3 fully saturated rings. The van der Waals surface area contributed by atoms with Crippen molar-refractivity contribution in [2.75, 3.05) is 7.11 Å². The van der Waals surface area contributed by atoms with Gasteiger partial charge in [-0.25, -0.2) is 0 Å². The molecule has 0 aromatic heterocycles. The van der Waals surface area contributed by atoms with Crippen LogP contribution in [0.4, 0.5) is 0 Å². The van der Waals surface area contributed by atoms with E-state index in [0.29, 0.717) is 23.2 Å². The maximum absolute atomic E-state index is 11.1. The van der Waals surface area contributed by atoms with Crippen LogP contribution in [0.1, 0.15) is 73.1 Å². The average molecular weight is 321 g/mol. The van der Waals surface area contributed by atoms with Crippen molar-refractivity contribution in [1.82, 2.24) is 0 Å². The molecule has 2 heteroatoms. The van der Waals surface area contributed by atoms with Gasteiger partial charge in [-0.3, -0.25) is 0 Å². The van der Waals surface area contributed by atoms with E-state index >= 15 is 0 Å². The smallest absolute Gasteiger partial charge is 0.0682 e. The molecule has 7 atom stereocenters. The van der Waals surface area contributed by atoms with Crippen LogP contribution >= 0.6 is 0 Å². The number of methoxy groups -OCH3 is 1. The molecule has 0 saturated heterocycles. The van der Waals surface area contributed by atoms with Crippen LogP contribution in [0.2, 0.25) is 0 Å². The molecular weight excluding hydrogens is 284 g/mol. The molecule has 23 heavy (non-hydrogen) atoms. The van der Waals surface area contributed by atoms with Gasteiger partial charge >= 0.3 is 0 Å². The normalized spacial score (nSPS) is 51.6. The van der Waals surface area contributed by atoms with E-state index in [-0.39, 0.29) is 5.60 Å². The fraction of sp³-hybridized carbons (Fsp3) is 0.905. The van der Waals surface area contributed by atoms with E-state index in [1.807, 2.05) is 7.11 Å². The first-order valence-corrected chi connectivity index (χ1v) is 9.56. The third-order valence-electron chi connectivity index (χ3n) is 7.87. The van der Waals surface area contributed by atoms with E-state index in [1.54, 1.807) is 0 Å². The van der Waals surface area contributed by atoms with Crippen molar-refractivity contribution in [3.05, 3.63) is 11.6 Å². The molecule has 0 bridgehead atoms. The van der Waals surface area contributed by atoms with E-state index < -0.39 is 5.60 Å². The number of hydrogen-bond acceptors (Lipinski definition) is 2. The van der Waals surface area contributed by atoms with Gasteiger partial charge in [0.05, 0.1) is 11.2 Å². The maximum atomic E-state index is 11.1. The number of rotatable bonds is 4. The van der Waals surface area contributed by atoms with E-state index in [9.17, 15) is 5.11 Å². The fourth-order valence-corrected chi connectivity index (χ4v) is 6.32. The largest absolute Gasteiger partial charge is 0.390 e. The molecule has 3 saturated carbocycles. The number of fused-ring (bicyclic) bond motifs is 3. The quantitative estimate of drug-likeness (QED) is 0.742. The summed E-state index contributed by atoms with van der Waals surface area (Å²) in [5, 5.41) is 11.1. The number of aliphatic hydroxyl groups is 1. The second kappa shape index (κ2) is 5.59. The van der Waals surface area contributed by atoms with Crippen LogP contribution in [0, 0.1) is 29.1 Å². The highest BCUT2D eigenvalue weighted by atomic mass is 16.5. The van der Waals surface area contributed by atoms with Crippen molar-refractivity contribution in [3.8, 4) is 0 Å². The summed E-state index contributed by atoms with van der Waals surface area (Å²) in [7, 11) is 1.87. The van der Waals surface area contributed by atoms with E-state index in [2.05, 4.69) is 40.7 Å². The lowest BCUT2D eigenvalue weighted by Gasteiger charge is -2.40. The predicted octanol–water partition coefficient (Wildman–Crippen LogP) is 4.96. The summed E-state index contributed by atoms with van der Waals surface area (Å²) in [5.74, 6) is 2.40. The lowest BCUT2D eigenvalue weighted by molar-refractivity contribution is -0.0893. The molecule has 0 aromatic rings. The zero-order chi connectivity index (χ0) is 17.0. The van der Waals surface area contributed by atoms with Gasteiger partial charge in [0, 0.05) is 7.11 Å². The van der Waals surface area contributed by atoms with Crippen LogP contribution in [0.25, 0.3) is 0 Å². The Morgan fingerprint density at radius 2 is 1.74 bits per heavy atom. The van der Waals surface area contributed by atoms with E-state index in [0.717, 1.165) is 25.2 Å². The summed E-state index contributed by atoms with van der Waals surface area (Å²) in [6.45, 7) is 11.2. The van der Waals surface area contributed by atoms with Gasteiger partial charge < -0.3 is 9.84 Å². The van der Waals surface area contributed by atoms with Crippen LogP contribution in [-0.2, 0) is 4.74 Å². The van der Waals surface area contributed by atoms with Gasteiger partial charge in [0.2, 0.25) is 0 Å². The fourth-order valence-electron chi connectivity index (χ4n) is 6.32. The summed E-state index contributed by atoms with van der Waals surface area (Å²) < 4.78 is 5.99. The highest BCUT2D eigenvalue weighted by molar-refractivity contribution is 5.20. The first-order valence-electron chi connectivity index (χ1n) is 9.56. The Bertz CT molecular complexity index is 490. The number of allylic oxidation sites excluding steroid dienone is 2. The Balaban J connectivity index is 1.84. The molecule has 1 N–H and O–H groups in total. The van der Waals surface area contributed by atoms with Gasteiger partial charge in [-0.2, -0.15) is 0 Å². The molecule has 0 aromatic carbocycles. The molecule has 0 amide bonds. The standard InChI is InChI=1S/C21H36O2/c1-14(2)8-7-11-19(3)15-10-13-21(5,23-6)16-9-12-20(4,22)18(16)17(15)19/h8,15-18,22H,7,9-13H2,1-6H3. The summed E-state index contributed by atoms with van der Waals surface area (Å²) in [6, 6.07) is 0. The minimum atomic E-state index is -0.508. The molecular formula is C21H36O2. The third-order valence-corrected chi connectivity index (χ3v) is 7.87. The van der Waals surface area contributed by atoms with Crippen molar-refractivity contribution in [1.29, 1.82) is 0 Å². The molecule has 3 rings (SSSR count). The van der Waals surface area contributed by atoms with Crippen LogP contribution < -0.4 is 0 Å². The first kappa shape index (κ1) is 17.5. The zero-order valence-corrected chi connectivity index (χ0v) is 16.0. The van der Waals surface area contributed by atoms with Crippen molar-refractivity contribution >= 4 is 0 Å². The molecule has 0 heterocycles. The van der Waals surface area contributed by atoms with Crippen molar-refractivity contribution in [3.63, 3.8) is 0 Å². The number of hydrogen-bond donors (Lipinski definition) is 1. The summed E-state index contributed by atoms with van der Waals surface area (Å²) >= 11 is 0. The molecule has 132 valence electrons. The topological polar surface area (TPSA) is 29.5 Å². The zero-order valence-electron chi connectivity index (χ0n) is 16.0. The molecule has 7 unspecified atom stereocenters. The van der Waals surface area contributed by atoms with Crippen LogP contribution in [0.5, 0.6) is 0 Å². The van der Waals surface area contributed by atoms with E-state index in [1.165, 1.54) is 24.8 Å². The minimum absolute atomic E-state index is 0.0423. The third kappa shape index (κ3) is 2.70. The van der Waals surface area contributed by atoms with Crippen molar-refractivity contribution < 1.29 is 9.84 Å². The Morgan fingerprint density at radius 1 is 1.09 bits per heavy atom. The lowest BCUT2D eigenvalue weighted by atomic mass is 9.72. The van der Waals surface area contributed by atoms with E-state index in [4.69, 9.17) is 4.74 Å². The van der Waals surface area contributed by atoms with Gasteiger partial charge in [-0.15, -0.1) is 0 Å². The van der Waals surface area contributed by atoms with Crippen molar-refractivity contribution in [2.24, 2.45) is 29.1 Å². The lowest BCUT2D eigenvalue weighted by Crippen LogP contribution is -2.44. The Kier molecular flexibility index (Phi) is 4.25. The molecule has 3 aliphatic carbocycles. The maximum Gasteiger partial charge on any atom is 0.0682 e. The highest BCUT2D eigenvalue weighted by Gasteiger charge is 2.71. The molecule has 0 spiro atoms. The Morgan fingerprint density at radius 3 is 2.35 bits per heavy atom. The molecule has 0 aliphatic heterocycles. The summed E-state index contributed by atoms with van der Waals surface area (Å²) in [4.78, 5) is 0. The summed E-state index contributed by atoms with van der Waals surface area (Å²) in [5.41, 5.74) is 1.30. The van der Waals surface area contributed by atoms with Gasteiger partial charge in [-0.05, 0) is 95.3 Å². The minimum Gasteiger partial charge on any atom is -0.390 e. The Labute approximate surface area is 142 Å². The van der Waals surface area contributed by atoms with Gasteiger partial charge in [-0.1, -0.05) is 18.6 Å². The van der Waals surface area contributed by atoms with Gasteiger partial charge in [0.15, 0.2) is 0 Å². The Hall–Kier alpha value is -0.340. The second-order valence-corrected chi connectivity index (χ2v) is 9.54. The van der Waals surface area contributed by atoms with Crippen LogP contribution in [0.3, 0.4) is 0 Å². The molecule has 3 aliphatic rings. The SMILES string of the molecule is COC1(C)CCC2C(C3C1CCC3(C)O)C2(C)CCC=C(C)C. The van der Waals surface area contributed by atoms with Crippen LogP contribution in [-0.4, -0.2) is 23.4 Å². The summed E-state index contributed by atoms with van der Waals surface area (Å²) in [6.07, 6.45) is 9.32. The predicted molar refractivity (Wildman–Crippen MR) is 95.2 cm³/mol. The van der Waals surface area contributed by atoms with Crippen LogP contribution in [0.15, 0.2) is 11.6 Å². The molecule has 0 radical (unpaired) electrons. The van der Waals surface area contributed by atoms with Gasteiger partial charge in [0.1, 0.15) is 0 Å². The second-order valence-electron chi connectivity index (χ2n) is 9.54. The van der Waals surface area contributed by atoms with Crippen molar-refractivity contribution in [2.45, 2.75) is 84.3 Å². The monoisotopic (exact) mass is 320 g/mol.